The molecule has 0 radical (unpaired) electrons. The fraction of sp³-hybridized carbons (Fsp3) is 0.429. The van der Waals surface area contributed by atoms with Gasteiger partial charge >= 0.3 is 0 Å². The number of para-hydroxylation sites is 1. The first-order valence-corrected chi connectivity index (χ1v) is 8.79. The number of nitrogens with zero attached hydrogens (tertiary/aromatic N) is 1. The monoisotopic (exact) mass is 305 g/mol. The van der Waals surface area contributed by atoms with Crippen molar-refractivity contribution in [3.8, 4) is 0 Å². The summed E-state index contributed by atoms with van der Waals surface area (Å²) >= 11 is 0. The Balaban J connectivity index is 1.83. The molecule has 1 aliphatic heterocycles. The van der Waals surface area contributed by atoms with Gasteiger partial charge in [-0.05, 0) is 57.6 Å². The van der Waals surface area contributed by atoms with Crippen LogP contribution in [0.5, 0.6) is 0 Å². The maximum absolute atomic E-state index is 6.34. The van der Waals surface area contributed by atoms with Gasteiger partial charge in [0.2, 0.25) is 0 Å². The van der Waals surface area contributed by atoms with Gasteiger partial charge < -0.3 is 9.32 Å². The van der Waals surface area contributed by atoms with E-state index >= 15 is 0 Å². The summed E-state index contributed by atoms with van der Waals surface area (Å²) in [6, 6.07) is 13.5. The van der Waals surface area contributed by atoms with Crippen molar-refractivity contribution in [3.05, 3.63) is 42.0 Å². The molecule has 2 nitrogen and oxygen atoms in total. The molecule has 0 N–H and O–H groups in total. The lowest BCUT2D eigenvalue weighted by atomic mass is 9.94. The van der Waals surface area contributed by atoms with Crippen molar-refractivity contribution in [2.45, 2.75) is 51.6 Å². The minimum absolute atomic E-state index is 0.294. The molecule has 1 aromatic heterocycles. The van der Waals surface area contributed by atoms with E-state index in [9.17, 15) is 0 Å². The van der Waals surface area contributed by atoms with Crippen LogP contribution in [0, 0.1) is 12.8 Å². The molecule has 1 aliphatic carbocycles. The van der Waals surface area contributed by atoms with Gasteiger partial charge in [-0.2, -0.15) is 0 Å². The van der Waals surface area contributed by atoms with Gasteiger partial charge in [0.1, 0.15) is 5.58 Å². The van der Waals surface area contributed by atoms with Crippen molar-refractivity contribution in [2.24, 2.45) is 5.92 Å². The van der Waals surface area contributed by atoms with E-state index in [2.05, 4.69) is 62.1 Å². The highest BCUT2D eigenvalue weighted by molar-refractivity contribution is 6.09. The van der Waals surface area contributed by atoms with Crippen LogP contribution in [0.2, 0.25) is 0 Å². The summed E-state index contributed by atoms with van der Waals surface area (Å²) in [7, 11) is 0. The lowest BCUT2D eigenvalue weighted by Gasteiger charge is -2.42. The Bertz CT molecular complexity index is 924. The van der Waals surface area contributed by atoms with E-state index in [-0.39, 0.29) is 0 Å². The van der Waals surface area contributed by atoms with Crippen LogP contribution in [0.25, 0.3) is 21.9 Å². The van der Waals surface area contributed by atoms with Gasteiger partial charge in [-0.1, -0.05) is 30.3 Å². The molecule has 2 heteroatoms. The average Bonchev–Trinajstić information content (AvgIpc) is 3.17. The van der Waals surface area contributed by atoms with Crippen molar-refractivity contribution in [2.75, 3.05) is 4.90 Å². The quantitative estimate of drug-likeness (QED) is 0.576. The Labute approximate surface area is 137 Å². The van der Waals surface area contributed by atoms with E-state index in [0.29, 0.717) is 11.6 Å². The lowest BCUT2D eigenvalue weighted by molar-refractivity contribution is 0.402. The fourth-order valence-corrected chi connectivity index (χ4v) is 5.24. The first-order valence-electron chi connectivity index (χ1n) is 8.79. The lowest BCUT2D eigenvalue weighted by Crippen LogP contribution is -2.47. The van der Waals surface area contributed by atoms with Crippen LogP contribution in [0.1, 0.15) is 38.7 Å². The van der Waals surface area contributed by atoms with E-state index in [4.69, 9.17) is 4.42 Å². The molecule has 118 valence electrons. The molecule has 0 amide bonds. The standard InChI is InChI=1S/C21H23NO/c1-13-8-9-17-16-6-4-5-7-18(16)23-20(17)19(13)22-14(2)15-10-11-21(22,3)12-15/h4-9,14-15H,10-12H2,1-3H3/t14-,15?,21?/m0/s1. The maximum Gasteiger partial charge on any atom is 0.158 e. The second kappa shape index (κ2) is 4.31. The number of furan rings is 1. The highest BCUT2D eigenvalue weighted by Crippen LogP contribution is 2.54. The molecule has 3 atom stereocenters. The first kappa shape index (κ1) is 13.5. The summed E-state index contributed by atoms with van der Waals surface area (Å²) in [5.74, 6) is 0.832. The van der Waals surface area contributed by atoms with Crippen molar-refractivity contribution < 1.29 is 4.42 Å². The molecular weight excluding hydrogens is 282 g/mol. The van der Waals surface area contributed by atoms with Crippen LogP contribution < -0.4 is 4.90 Å². The minimum Gasteiger partial charge on any atom is -0.454 e. The normalized spacial score (nSPS) is 30.0. The van der Waals surface area contributed by atoms with Crippen LogP contribution in [-0.2, 0) is 0 Å². The van der Waals surface area contributed by atoms with Gasteiger partial charge in [-0.3, -0.25) is 0 Å². The summed E-state index contributed by atoms with van der Waals surface area (Å²) in [4.78, 5) is 2.68. The summed E-state index contributed by atoms with van der Waals surface area (Å²) in [5.41, 5.74) is 5.03. The number of fused-ring (bicyclic) bond motifs is 5. The Hall–Kier alpha value is -1.96. The first-order chi connectivity index (χ1) is 11.1. The van der Waals surface area contributed by atoms with Gasteiger partial charge in [0.15, 0.2) is 5.58 Å². The van der Waals surface area contributed by atoms with Crippen LogP contribution in [0.3, 0.4) is 0 Å². The minimum atomic E-state index is 0.294. The van der Waals surface area contributed by atoms with E-state index < -0.39 is 0 Å². The second-order valence-corrected chi connectivity index (χ2v) is 7.82. The Morgan fingerprint density at radius 1 is 1.13 bits per heavy atom. The summed E-state index contributed by atoms with van der Waals surface area (Å²) in [6.07, 6.45) is 4.01. The smallest absolute Gasteiger partial charge is 0.158 e. The molecule has 2 aromatic carbocycles. The van der Waals surface area contributed by atoms with Crippen molar-refractivity contribution in [1.29, 1.82) is 0 Å². The van der Waals surface area contributed by atoms with E-state index in [1.807, 2.05) is 0 Å². The SMILES string of the molecule is Cc1ccc2c(oc3ccccc32)c1N1[C@@H](C)C2CCC1(C)C2. The number of anilines is 1. The van der Waals surface area contributed by atoms with Crippen LogP contribution in [0.4, 0.5) is 5.69 Å². The number of rotatable bonds is 1. The number of hydrogen-bond acceptors (Lipinski definition) is 2. The highest BCUT2D eigenvalue weighted by atomic mass is 16.3. The molecule has 2 bridgehead atoms. The number of hydrogen-bond donors (Lipinski definition) is 0. The molecule has 0 spiro atoms. The summed E-state index contributed by atoms with van der Waals surface area (Å²) < 4.78 is 6.34. The number of benzene rings is 2. The molecule has 1 saturated heterocycles. The topological polar surface area (TPSA) is 16.4 Å². The molecule has 5 rings (SSSR count). The fourth-order valence-electron chi connectivity index (χ4n) is 5.24. The van der Waals surface area contributed by atoms with Crippen molar-refractivity contribution in [1.82, 2.24) is 0 Å². The molecule has 3 aromatic rings. The predicted octanol–water partition coefficient (Wildman–Crippen LogP) is 5.66. The largest absolute Gasteiger partial charge is 0.454 e. The zero-order valence-corrected chi connectivity index (χ0v) is 14.1. The van der Waals surface area contributed by atoms with Gasteiger partial charge in [0.25, 0.3) is 0 Å². The van der Waals surface area contributed by atoms with E-state index in [1.165, 1.54) is 41.3 Å². The Morgan fingerprint density at radius 2 is 1.96 bits per heavy atom. The summed E-state index contributed by atoms with van der Waals surface area (Å²) in [6.45, 7) is 7.07. The molecule has 2 aliphatic rings. The van der Waals surface area contributed by atoms with Crippen molar-refractivity contribution in [3.63, 3.8) is 0 Å². The van der Waals surface area contributed by atoms with Gasteiger partial charge in [0, 0.05) is 22.4 Å². The third-order valence-electron chi connectivity index (χ3n) is 6.39. The Morgan fingerprint density at radius 3 is 2.74 bits per heavy atom. The summed E-state index contributed by atoms with van der Waals surface area (Å²) in [5, 5.41) is 2.48. The molecule has 2 fully saturated rings. The molecular formula is C21H23NO. The van der Waals surface area contributed by atoms with E-state index in [1.54, 1.807) is 0 Å². The van der Waals surface area contributed by atoms with Gasteiger partial charge in [-0.25, -0.2) is 0 Å². The van der Waals surface area contributed by atoms with Crippen molar-refractivity contribution >= 4 is 27.6 Å². The zero-order chi connectivity index (χ0) is 15.8. The molecule has 23 heavy (non-hydrogen) atoms. The van der Waals surface area contributed by atoms with E-state index in [0.717, 1.165) is 17.1 Å². The third kappa shape index (κ3) is 1.64. The Kier molecular flexibility index (Phi) is 2.53. The number of piperidine rings is 1. The van der Waals surface area contributed by atoms with Crippen LogP contribution in [-0.4, -0.2) is 11.6 Å². The van der Waals surface area contributed by atoms with Crippen LogP contribution >= 0.6 is 0 Å². The average molecular weight is 305 g/mol. The number of aryl methyl sites for hydroxylation is 1. The van der Waals surface area contributed by atoms with Crippen LogP contribution in [0.15, 0.2) is 40.8 Å². The third-order valence-corrected chi connectivity index (χ3v) is 6.39. The molecule has 1 saturated carbocycles. The predicted molar refractivity (Wildman–Crippen MR) is 96.1 cm³/mol. The molecule has 2 unspecified atom stereocenters. The highest BCUT2D eigenvalue weighted by Gasteiger charge is 2.52. The second-order valence-electron chi connectivity index (χ2n) is 7.82. The zero-order valence-electron chi connectivity index (χ0n) is 14.1. The maximum atomic E-state index is 6.34. The molecule has 2 heterocycles. The van der Waals surface area contributed by atoms with Gasteiger partial charge in [0.05, 0.1) is 5.69 Å². The van der Waals surface area contributed by atoms with Gasteiger partial charge in [-0.15, -0.1) is 0 Å².